The SMILES string of the molecule is Cc1ccc(CN2CCn3nc(-c4ncccc4C)c(C)c3C2)nc1. The van der Waals surface area contributed by atoms with E-state index in [0.29, 0.717) is 0 Å². The first-order valence-electron chi connectivity index (χ1n) is 8.74. The second kappa shape index (κ2) is 6.41. The third kappa shape index (κ3) is 3.07. The lowest BCUT2D eigenvalue weighted by Crippen LogP contribution is -2.34. The Morgan fingerprint density at radius 2 is 1.88 bits per heavy atom. The molecule has 0 atom stereocenters. The molecular weight excluding hydrogens is 310 g/mol. The van der Waals surface area contributed by atoms with E-state index in [1.54, 1.807) is 0 Å². The number of pyridine rings is 2. The van der Waals surface area contributed by atoms with Crippen LogP contribution in [0.25, 0.3) is 11.4 Å². The zero-order valence-electron chi connectivity index (χ0n) is 15.0. The molecule has 0 radical (unpaired) electrons. The fourth-order valence-corrected chi connectivity index (χ4v) is 3.41. The van der Waals surface area contributed by atoms with Crippen LogP contribution in [-0.2, 0) is 19.6 Å². The summed E-state index contributed by atoms with van der Waals surface area (Å²) in [6.45, 7) is 10.0. The summed E-state index contributed by atoms with van der Waals surface area (Å²) >= 11 is 0. The first-order valence-corrected chi connectivity index (χ1v) is 8.74. The molecule has 0 fully saturated rings. The molecule has 0 spiro atoms. The summed E-state index contributed by atoms with van der Waals surface area (Å²) in [5.41, 5.74) is 8.03. The van der Waals surface area contributed by atoms with Gasteiger partial charge in [0.1, 0.15) is 5.69 Å². The molecule has 0 saturated heterocycles. The van der Waals surface area contributed by atoms with E-state index in [4.69, 9.17) is 5.10 Å². The summed E-state index contributed by atoms with van der Waals surface area (Å²) in [5.74, 6) is 0. The zero-order chi connectivity index (χ0) is 17.4. The van der Waals surface area contributed by atoms with Crippen molar-refractivity contribution in [2.45, 2.75) is 40.4 Å². The fourth-order valence-electron chi connectivity index (χ4n) is 3.41. The van der Waals surface area contributed by atoms with Gasteiger partial charge in [0.25, 0.3) is 0 Å². The van der Waals surface area contributed by atoms with Crippen molar-refractivity contribution in [2.24, 2.45) is 0 Å². The van der Waals surface area contributed by atoms with Crippen molar-refractivity contribution in [1.82, 2.24) is 24.6 Å². The molecule has 4 heterocycles. The number of hydrogen-bond donors (Lipinski definition) is 0. The van der Waals surface area contributed by atoms with Gasteiger partial charge in [-0.05, 0) is 44.0 Å². The van der Waals surface area contributed by atoms with Crippen molar-refractivity contribution in [3.05, 3.63) is 64.7 Å². The number of aromatic nitrogens is 4. The van der Waals surface area contributed by atoms with E-state index in [1.807, 2.05) is 18.5 Å². The van der Waals surface area contributed by atoms with Crippen LogP contribution in [0.15, 0.2) is 36.7 Å². The van der Waals surface area contributed by atoms with Crippen molar-refractivity contribution in [2.75, 3.05) is 6.54 Å². The number of hydrogen-bond acceptors (Lipinski definition) is 4. The van der Waals surface area contributed by atoms with E-state index in [1.165, 1.54) is 22.4 Å². The smallest absolute Gasteiger partial charge is 0.114 e. The summed E-state index contributed by atoms with van der Waals surface area (Å²) in [4.78, 5) is 11.5. The van der Waals surface area contributed by atoms with E-state index < -0.39 is 0 Å². The van der Waals surface area contributed by atoms with Crippen molar-refractivity contribution in [1.29, 1.82) is 0 Å². The second-order valence-electron chi connectivity index (χ2n) is 6.85. The monoisotopic (exact) mass is 333 g/mol. The lowest BCUT2D eigenvalue weighted by atomic mass is 10.1. The average Bonchev–Trinajstić information content (AvgIpc) is 2.94. The van der Waals surface area contributed by atoms with E-state index in [-0.39, 0.29) is 0 Å². The molecule has 3 aromatic rings. The molecule has 0 amide bonds. The highest BCUT2D eigenvalue weighted by molar-refractivity contribution is 5.63. The lowest BCUT2D eigenvalue weighted by molar-refractivity contribution is 0.202. The molecule has 0 aromatic carbocycles. The van der Waals surface area contributed by atoms with Gasteiger partial charge in [-0.15, -0.1) is 0 Å². The summed E-state index contributed by atoms with van der Waals surface area (Å²) in [7, 11) is 0. The Kier molecular flexibility index (Phi) is 4.09. The molecule has 0 N–H and O–H groups in total. The van der Waals surface area contributed by atoms with Gasteiger partial charge in [-0.25, -0.2) is 0 Å². The van der Waals surface area contributed by atoms with Crippen LogP contribution in [0.3, 0.4) is 0 Å². The van der Waals surface area contributed by atoms with Crippen LogP contribution < -0.4 is 0 Å². The molecule has 25 heavy (non-hydrogen) atoms. The second-order valence-corrected chi connectivity index (χ2v) is 6.85. The quantitative estimate of drug-likeness (QED) is 0.738. The van der Waals surface area contributed by atoms with Crippen LogP contribution >= 0.6 is 0 Å². The summed E-state index contributed by atoms with van der Waals surface area (Å²) < 4.78 is 2.15. The molecule has 0 unspecified atom stereocenters. The van der Waals surface area contributed by atoms with Gasteiger partial charge >= 0.3 is 0 Å². The Bertz CT molecular complexity index is 895. The topological polar surface area (TPSA) is 46.8 Å². The molecule has 1 aliphatic rings. The molecule has 5 heteroatoms. The van der Waals surface area contributed by atoms with Crippen molar-refractivity contribution in [3.63, 3.8) is 0 Å². The predicted octanol–water partition coefficient (Wildman–Crippen LogP) is 3.28. The third-order valence-corrected chi connectivity index (χ3v) is 4.91. The Morgan fingerprint density at radius 1 is 1.00 bits per heavy atom. The van der Waals surface area contributed by atoms with Gasteiger partial charge < -0.3 is 0 Å². The third-order valence-electron chi connectivity index (χ3n) is 4.91. The lowest BCUT2D eigenvalue weighted by Gasteiger charge is -2.27. The summed E-state index contributed by atoms with van der Waals surface area (Å²) in [6.07, 6.45) is 3.78. The molecule has 4 rings (SSSR count). The average molecular weight is 333 g/mol. The largest absolute Gasteiger partial charge is 0.290 e. The van der Waals surface area contributed by atoms with Gasteiger partial charge in [-0.2, -0.15) is 5.10 Å². The summed E-state index contributed by atoms with van der Waals surface area (Å²) in [5, 5.41) is 4.85. The fraction of sp³-hybridized carbons (Fsp3) is 0.350. The molecule has 5 nitrogen and oxygen atoms in total. The normalized spacial score (nSPS) is 14.5. The van der Waals surface area contributed by atoms with Gasteiger partial charge in [0, 0.05) is 37.6 Å². The first kappa shape index (κ1) is 16.0. The Balaban J connectivity index is 1.59. The maximum Gasteiger partial charge on any atom is 0.114 e. The number of nitrogens with zero attached hydrogens (tertiary/aromatic N) is 5. The van der Waals surface area contributed by atoms with E-state index >= 15 is 0 Å². The van der Waals surface area contributed by atoms with E-state index in [2.05, 4.69) is 58.5 Å². The van der Waals surface area contributed by atoms with Crippen LogP contribution in [0.5, 0.6) is 0 Å². The molecule has 0 saturated carbocycles. The molecular formula is C20H23N5. The predicted molar refractivity (Wildman–Crippen MR) is 98.0 cm³/mol. The van der Waals surface area contributed by atoms with Crippen molar-refractivity contribution >= 4 is 0 Å². The van der Waals surface area contributed by atoms with Crippen molar-refractivity contribution in [3.8, 4) is 11.4 Å². The molecule has 0 aliphatic carbocycles. The van der Waals surface area contributed by atoms with Crippen LogP contribution in [-0.4, -0.2) is 31.2 Å². The molecule has 128 valence electrons. The number of rotatable bonds is 3. The van der Waals surface area contributed by atoms with Crippen molar-refractivity contribution < 1.29 is 0 Å². The van der Waals surface area contributed by atoms with Gasteiger partial charge in [0.2, 0.25) is 0 Å². The highest BCUT2D eigenvalue weighted by atomic mass is 15.3. The molecule has 0 bridgehead atoms. The number of aryl methyl sites for hydroxylation is 2. The van der Waals surface area contributed by atoms with Gasteiger partial charge in [0.15, 0.2) is 0 Å². The number of fused-ring (bicyclic) bond motifs is 1. The Labute approximate surface area is 148 Å². The van der Waals surface area contributed by atoms with Crippen LogP contribution in [0, 0.1) is 20.8 Å². The minimum absolute atomic E-state index is 0.878. The van der Waals surface area contributed by atoms with Gasteiger partial charge in [0.05, 0.1) is 23.6 Å². The maximum atomic E-state index is 4.85. The Morgan fingerprint density at radius 3 is 2.64 bits per heavy atom. The van der Waals surface area contributed by atoms with E-state index in [9.17, 15) is 0 Å². The van der Waals surface area contributed by atoms with Gasteiger partial charge in [-0.3, -0.25) is 19.5 Å². The zero-order valence-corrected chi connectivity index (χ0v) is 15.0. The molecule has 3 aromatic heterocycles. The molecule has 1 aliphatic heterocycles. The minimum Gasteiger partial charge on any atom is -0.290 e. The highest BCUT2D eigenvalue weighted by Gasteiger charge is 2.23. The highest BCUT2D eigenvalue weighted by Crippen LogP contribution is 2.28. The van der Waals surface area contributed by atoms with Crippen LogP contribution in [0.4, 0.5) is 0 Å². The minimum atomic E-state index is 0.878. The summed E-state index contributed by atoms with van der Waals surface area (Å²) in [6, 6.07) is 8.32. The standard InChI is InChI=1S/C20H23N5/c1-14-6-7-17(22-11-14)12-24-9-10-25-18(13-24)16(3)20(23-25)19-15(2)5-4-8-21-19/h4-8,11H,9-10,12-13H2,1-3H3. The van der Waals surface area contributed by atoms with Crippen LogP contribution in [0.1, 0.15) is 28.1 Å². The Hall–Kier alpha value is -2.53. The van der Waals surface area contributed by atoms with E-state index in [0.717, 1.165) is 43.3 Å². The van der Waals surface area contributed by atoms with Gasteiger partial charge in [-0.1, -0.05) is 12.1 Å². The first-order chi connectivity index (χ1) is 12.1. The maximum absolute atomic E-state index is 4.85. The van der Waals surface area contributed by atoms with Crippen LogP contribution in [0.2, 0.25) is 0 Å².